The summed E-state index contributed by atoms with van der Waals surface area (Å²) in [6.45, 7) is 19.8. The third kappa shape index (κ3) is 12.1. The Kier molecular flexibility index (Phi) is 15.2. The fourth-order valence-corrected chi connectivity index (χ4v) is 8.55. The number of benzene rings is 1. The number of thiazole rings is 1. The Morgan fingerprint density at radius 3 is 2.35 bits per heavy atom. The van der Waals surface area contributed by atoms with Crippen molar-refractivity contribution in [2.75, 3.05) is 26.4 Å². The van der Waals surface area contributed by atoms with E-state index in [1.807, 2.05) is 51.4 Å². The van der Waals surface area contributed by atoms with E-state index in [9.17, 15) is 23.6 Å². The third-order valence-electron chi connectivity index (χ3n) is 11.0. The molecule has 0 bridgehead atoms. The summed E-state index contributed by atoms with van der Waals surface area (Å²) in [4.78, 5) is 58.9. The zero-order valence-electron chi connectivity index (χ0n) is 34.3. The van der Waals surface area contributed by atoms with Crippen LogP contribution >= 0.6 is 11.3 Å². The van der Waals surface area contributed by atoms with Crippen molar-refractivity contribution in [2.24, 2.45) is 5.41 Å². The summed E-state index contributed by atoms with van der Waals surface area (Å²) in [6.07, 6.45) is 5.75. The van der Waals surface area contributed by atoms with Crippen LogP contribution in [0.1, 0.15) is 104 Å². The molecule has 11 nitrogen and oxygen atoms in total. The number of hydrogen-bond donors (Lipinski definition) is 2. The molecule has 1 aromatic carbocycles. The van der Waals surface area contributed by atoms with E-state index in [1.165, 1.54) is 4.90 Å². The van der Waals surface area contributed by atoms with Gasteiger partial charge in [-0.05, 0) is 67.8 Å². The van der Waals surface area contributed by atoms with E-state index in [0.29, 0.717) is 25.4 Å². The molecule has 306 valence electrons. The quantitative estimate of drug-likeness (QED) is 0.0809. The van der Waals surface area contributed by atoms with Gasteiger partial charge in [0, 0.05) is 31.7 Å². The lowest BCUT2D eigenvalue weighted by atomic mass is 9.85. The highest BCUT2D eigenvalue weighted by Crippen LogP contribution is 2.41. The van der Waals surface area contributed by atoms with Crippen molar-refractivity contribution in [2.45, 2.75) is 148 Å². The van der Waals surface area contributed by atoms with E-state index < -0.39 is 43.3 Å². The second-order valence-corrected chi connectivity index (χ2v) is 23.3. The molecule has 3 amide bonds. The van der Waals surface area contributed by atoms with Crippen molar-refractivity contribution >= 4 is 43.7 Å². The topological polar surface area (TPSA) is 136 Å². The first-order valence-electron chi connectivity index (χ1n) is 19.7. The SMILES string of the molecule is Cc1ncsc1-c1ccc(CNC(=O)[C@@H]2C[C@@H](O[Si](C)(C)C(C)(C)C)CN2C(=O)[C@@H](NC(=O)C2(F)CC2)C(C)(C)C)c(OCCCCCCCOCC=O)c1. The molecule has 2 fully saturated rings. The number of aryl methyl sites for hydroxylation is 1. The standard InChI is InChI=1S/C41H63FN4O7SSi/c1-28-34(54-27-44-28)29-15-16-30(33(23-29)52-21-14-12-10-11-13-20-51-22-19-47)25-43-36(48)32-24-31(53-55(8,9)40(5,6)7)26-46(32)37(49)35(39(2,3)4)45-38(50)41(42)17-18-41/h15-16,19,23,27,31-32,35H,10-14,17-18,20-22,24-26H2,1-9H3,(H,43,48)(H,45,50)/t31-,32+,35-/m1/s1. The number of alkyl halides is 1. The van der Waals surface area contributed by atoms with Gasteiger partial charge in [0.2, 0.25) is 11.8 Å². The molecule has 55 heavy (non-hydrogen) atoms. The fraction of sp³-hybridized carbons (Fsp3) is 0.683. The van der Waals surface area contributed by atoms with E-state index >= 15 is 0 Å². The summed E-state index contributed by atoms with van der Waals surface area (Å²) >= 11 is 1.56. The first-order chi connectivity index (χ1) is 25.8. The van der Waals surface area contributed by atoms with Crippen molar-refractivity contribution < 1.29 is 37.5 Å². The minimum Gasteiger partial charge on any atom is -0.493 e. The number of amides is 3. The number of likely N-dealkylation sites (tertiary alicyclic amines) is 1. The molecule has 2 aliphatic rings. The molecule has 14 heteroatoms. The number of nitrogens with zero attached hydrogens (tertiary/aromatic N) is 2. The smallest absolute Gasteiger partial charge is 0.258 e. The molecule has 1 saturated carbocycles. The van der Waals surface area contributed by atoms with Crippen molar-refractivity contribution in [3.05, 3.63) is 35.0 Å². The van der Waals surface area contributed by atoms with Crippen molar-refractivity contribution in [3.63, 3.8) is 0 Å². The lowest BCUT2D eigenvalue weighted by Crippen LogP contribution is -2.59. The van der Waals surface area contributed by atoms with E-state index in [0.717, 1.165) is 60.1 Å². The Bertz CT molecular complexity index is 1630. The van der Waals surface area contributed by atoms with E-state index in [4.69, 9.17) is 13.9 Å². The number of ether oxygens (including phenoxy) is 2. The minimum atomic E-state index is -2.27. The molecule has 0 radical (unpaired) electrons. The van der Waals surface area contributed by atoms with Crippen LogP contribution in [0.2, 0.25) is 18.1 Å². The van der Waals surface area contributed by atoms with E-state index in [1.54, 1.807) is 11.3 Å². The predicted molar refractivity (Wildman–Crippen MR) is 216 cm³/mol. The van der Waals surface area contributed by atoms with E-state index in [2.05, 4.69) is 49.5 Å². The molecule has 4 rings (SSSR count). The van der Waals surface area contributed by atoms with Crippen LogP contribution in [-0.4, -0.2) is 92.4 Å². The molecule has 1 saturated heterocycles. The summed E-state index contributed by atoms with van der Waals surface area (Å²) in [7, 11) is -2.27. The molecule has 2 N–H and O–H groups in total. The highest BCUT2D eigenvalue weighted by Gasteiger charge is 2.54. The molecule has 2 aromatic rings. The molecule has 1 aromatic heterocycles. The zero-order chi connectivity index (χ0) is 40.6. The summed E-state index contributed by atoms with van der Waals surface area (Å²) < 4.78 is 33.2. The van der Waals surface area contributed by atoms with Gasteiger partial charge in [-0.1, -0.05) is 72.9 Å². The monoisotopic (exact) mass is 802 g/mol. The van der Waals surface area contributed by atoms with Crippen molar-refractivity contribution in [3.8, 4) is 16.2 Å². The maximum Gasteiger partial charge on any atom is 0.258 e. The van der Waals surface area contributed by atoms with Gasteiger partial charge in [0.25, 0.3) is 5.91 Å². The average molecular weight is 803 g/mol. The second kappa shape index (κ2) is 18.8. The van der Waals surface area contributed by atoms with Crippen LogP contribution in [-0.2, 0) is 34.9 Å². The van der Waals surface area contributed by atoms with Gasteiger partial charge in [-0.15, -0.1) is 11.3 Å². The van der Waals surface area contributed by atoms with Gasteiger partial charge in [0.1, 0.15) is 30.7 Å². The van der Waals surface area contributed by atoms with Crippen LogP contribution in [0.4, 0.5) is 4.39 Å². The van der Waals surface area contributed by atoms with Gasteiger partial charge in [0.05, 0.1) is 28.8 Å². The molecular formula is C41H63FN4O7SSi. The number of carbonyl (C=O) groups excluding carboxylic acids is 4. The second-order valence-electron chi connectivity index (χ2n) is 17.6. The lowest BCUT2D eigenvalue weighted by Gasteiger charge is -2.38. The van der Waals surface area contributed by atoms with Crippen LogP contribution in [0.15, 0.2) is 23.7 Å². The number of carbonyl (C=O) groups is 4. The normalized spacial score (nSPS) is 18.8. The Balaban J connectivity index is 1.50. The number of halogens is 1. The van der Waals surface area contributed by atoms with E-state index in [-0.39, 0.29) is 49.6 Å². The average Bonchev–Trinajstić information content (AvgIpc) is 3.50. The highest BCUT2D eigenvalue weighted by atomic mass is 32.1. The number of rotatable bonds is 20. The van der Waals surface area contributed by atoms with Crippen molar-refractivity contribution in [1.82, 2.24) is 20.5 Å². The summed E-state index contributed by atoms with van der Waals surface area (Å²) in [6, 6.07) is 4.07. The first kappa shape index (κ1) is 44.5. The lowest BCUT2D eigenvalue weighted by molar-refractivity contribution is -0.145. The maximum atomic E-state index is 14.8. The number of unbranched alkanes of at least 4 members (excludes halogenated alkanes) is 4. The van der Waals surface area contributed by atoms with Gasteiger partial charge in [-0.3, -0.25) is 14.4 Å². The van der Waals surface area contributed by atoms with Crippen LogP contribution < -0.4 is 15.4 Å². The van der Waals surface area contributed by atoms with Gasteiger partial charge < -0.3 is 34.2 Å². The zero-order valence-corrected chi connectivity index (χ0v) is 36.2. The Hall–Kier alpha value is -3.20. The summed E-state index contributed by atoms with van der Waals surface area (Å²) in [5.41, 5.74) is 1.84. The Morgan fingerprint density at radius 1 is 1.07 bits per heavy atom. The highest BCUT2D eigenvalue weighted by molar-refractivity contribution is 7.13. The molecule has 3 atom stereocenters. The van der Waals surface area contributed by atoms with Gasteiger partial charge in [-0.2, -0.15) is 0 Å². The molecule has 2 heterocycles. The number of hydrogen-bond acceptors (Lipinski definition) is 9. The van der Waals surface area contributed by atoms with Crippen molar-refractivity contribution in [1.29, 1.82) is 0 Å². The maximum absolute atomic E-state index is 14.8. The minimum absolute atomic E-state index is 0.0866. The number of aldehydes is 1. The molecule has 0 spiro atoms. The Labute approximate surface area is 332 Å². The molecule has 1 aliphatic heterocycles. The van der Waals surface area contributed by atoms with Gasteiger partial charge in [0.15, 0.2) is 14.0 Å². The van der Waals surface area contributed by atoms with Gasteiger partial charge in [-0.25, -0.2) is 9.37 Å². The van der Waals surface area contributed by atoms with Crippen LogP contribution in [0.3, 0.4) is 0 Å². The first-order valence-corrected chi connectivity index (χ1v) is 23.5. The Morgan fingerprint density at radius 2 is 1.75 bits per heavy atom. The predicted octanol–water partition coefficient (Wildman–Crippen LogP) is 7.30. The fourth-order valence-electron chi connectivity index (χ4n) is 6.39. The van der Waals surface area contributed by atoms with Crippen LogP contribution in [0.5, 0.6) is 5.75 Å². The number of nitrogens with one attached hydrogen (secondary N) is 2. The van der Waals surface area contributed by atoms with Crippen LogP contribution in [0.25, 0.3) is 10.4 Å². The molecule has 0 unspecified atom stereocenters. The third-order valence-corrected chi connectivity index (χ3v) is 16.5. The summed E-state index contributed by atoms with van der Waals surface area (Å²) in [5.74, 6) is -0.862. The number of aromatic nitrogens is 1. The van der Waals surface area contributed by atoms with Gasteiger partial charge >= 0.3 is 0 Å². The largest absolute Gasteiger partial charge is 0.493 e. The molecular weight excluding hydrogens is 740 g/mol. The molecule has 1 aliphatic carbocycles. The summed E-state index contributed by atoms with van der Waals surface area (Å²) in [5, 5.41) is 5.71. The van der Waals surface area contributed by atoms with Crippen LogP contribution in [0, 0.1) is 12.3 Å².